The molecule has 7 heteroatoms. The van der Waals surface area contributed by atoms with E-state index >= 15 is 0 Å². The summed E-state index contributed by atoms with van der Waals surface area (Å²) in [6.07, 6.45) is -4.40. The van der Waals surface area contributed by atoms with E-state index in [1.54, 1.807) is 0 Å². The number of pyridine rings is 1. The van der Waals surface area contributed by atoms with E-state index in [1.165, 1.54) is 0 Å². The normalized spacial score (nSPS) is 11.2. The minimum absolute atomic E-state index is 0.114. The van der Waals surface area contributed by atoms with E-state index < -0.39 is 23.5 Å². The molecule has 1 heterocycles. The lowest BCUT2D eigenvalue weighted by Gasteiger charge is -2.09. The first-order valence-corrected chi connectivity index (χ1v) is 4.16. The van der Waals surface area contributed by atoms with Gasteiger partial charge in [0.05, 0.1) is 25.4 Å². The van der Waals surface area contributed by atoms with Crippen molar-refractivity contribution in [3.63, 3.8) is 0 Å². The van der Waals surface area contributed by atoms with Crippen molar-refractivity contribution >= 4 is 5.97 Å². The summed E-state index contributed by atoms with van der Waals surface area (Å²) in [7, 11) is 1.12. The van der Waals surface area contributed by atoms with Crippen molar-refractivity contribution in [3.05, 3.63) is 23.5 Å². The number of carbonyl (C=O) groups is 1. The van der Waals surface area contributed by atoms with Crippen LogP contribution in [0.15, 0.2) is 12.3 Å². The Labute approximate surface area is 88.7 Å². The van der Waals surface area contributed by atoms with Crippen molar-refractivity contribution in [2.45, 2.75) is 12.6 Å². The minimum Gasteiger partial charge on any atom is -0.506 e. The fourth-order valence-corrected chi connectivity index (χ4v) is 1.04. The molecule has 0 saturated carbocycles. The van der Waals surface area contributed by atoms with E-state index in [1.807, 2.05) is 0 Å². The lowest BCUT2D eigenvalue weighted by atomic mass is 10.1. The van der Waals surface area contributed by atoms with Crippen LogP contribution in [0.4, 0.5) is 13.2 Å². The first kappa shape index (κ1) is 12.3. The van der Waals surface area contributed by atoms with Crippen LogP contribution in [-0.2, 0) is 22.1 Å². The maximum atomic E-state index is 12.3. The number of methoxy groups -OCH3 is 1. The molecule has 1 aromatic heterocycles. The Morgan fingerprint density at radius 3 is 2.69 bits per heavy atom. The van der Waals surface area contributed by atoms with Crippen molar-refractivity contribution in [1.29, 1.82) is 0 Å². The molecule has 0 atom stereocenters. The summed E-state index contributed by atoms with van der Waals surface area (Å²) in [6.45, 7) is 0. The minimum atomic E-state index is -4.68. The molecule has 0 spiro atoms. The molecule has 0 amide bonds. The van der Waals surface area contributed by atoms with Gasteiger partial charge in [0, 0.05) is 0 Å². The Hall–Kier alpha value is -1.79. The highest BCUT2D eigenvalue weighted by atomic mass is 19.4. The molecule has 0 radical (unpaired) electrons. The van der Waals surface area contributed by atoms with E-state index in [9.17, 15) is 18.0 Å². The van der Waals surface area contributed by atoms with Crippen LogP contribution in [0.5, 0.6) is 5.75 Å². The number of carbonyl (C=O) groups excluding carboxylic acids is 1. The largest absolute Gasteiger partial charge is 0.506 e. The molecule has 0 aliphatic rings. The zero-order valence-corrected chi connectivity index (χ0v) is 8.21. The highest BCUT2D eigenvalue weighted by Crippen LogP contribution is 2.35. The Bertz CT molecular complexity index is 403. The van der Waals surface area contributed by atoms with E-state index in [2.05, 4.69) is 9.72 Å². The molecular formula is C9H8F3NO3. The predicted molar refractivity (Wildman–Crippen MR) is 46.6 cm³/mol. The lowest BCUT2D eigenvalue weighted by molar-refractivity contribution is -0.141. The molecule has 16 heavy (non-hydrogen) atoms. The third-order valence-electron chi connectivity index (χ3n) is 1.80. The van der Waals surface area contributed by atoms with Gasteiger partial charge < -0.3 is 9.84 Å². The van der Waals surface area contributed by atoms with Gasteiger partial charge in [-0.2, -0.15) is 13.2 Å². The number of esters is 1. The Kier molecular flexibility index (Phi) is 3.36. The number of aromatic nitrogens is 1. The number of hydrogen-bond acceptors (Lipinski definition) is 4. The monoisotopic (exact) mass is 235 g/mol. The molecule has 88 valence electrons. The van der Waals surface area contributed by atoms with Gasteiger partial charge in [-0.25, -0.2) is 0 Å². The molecule has 0 aromatic carbocycles. The summed E-state index contributed by atoms with van der Waals surface area (Å²) in [6, 6.07) is 0.617. The summed E-state index contributed by atoms with van der Waals surface area (Å²) in [4.78, 5) is 14.3. The third-order valence-corrected chi connectivity index (χ3v) is 1.80. The molecule has 0 saturated heterocycles. The second kappa shape index (κ2) is 4.38. The van der Waals surface area contributed by atoms with Crippen LogP contribution in [-0.4, -0.2) is 23.2 Å². The van der Waals surface area contributed by atoms with Crippen molar-refractivity contribution < 1.29 is 27.8 Å². The van der Waals surface area contributed by atoms with E-state index in [4.69, 9.17) is 5.11 Å². The van der Waals surface area contributed by atoms with E-state index in [0.29, 0.717) is 12.3 Å². The number of nitrogens with zero attached hydrogens (tertiary/aromatic N) is 1. The van der Waals surface area contributed by atoms with Crippen molar-refractivity contribution in [1.82, 2.24) is 4.98 Å². The average Bonchev–Trinajstić information content (AvgIpc) is 2.19. The van der Waals surface area contributed by atoms with E-state index in [0.717, 1.165) is 7.11 Å². The van der Waals surface area contributed by atoms with Crippen LogP contribution < -0.4 is 0 Å². The Morgan fingerprint density at radius 2 is 2.19 bits per heavy atom. The van der Waals surface area contributed by atoms with Crippen LogP contribution >= 0.6 is 0 Å². The molecule has 0 fully saturated rings. The van der Waals surface area contributed by atoms with E-state index in [-0.39, 0.29) is 12.1 Å². The number of halogens is 3. The molecule has 1 rings (SSSR count). The summed E-state index contributed by atoms with van der Waals surface area (Å²) in [5.74, 6) is -1.67. The summed E-state index contributed by atoms with van der Waals surface area (Å²) in [5, 5.41) is 8.96. The molecule has 0 unspecified atom stereocenters. The first-order chi connectivity index (χ1) is 7.34. The Morgan fingerprint density at radius 1 is 1.56 bits per heavy atom. The van der Waals surface area contributed by atoms with Crippen LogP contribution in [0.3, 0.4) is 0 Å². The van der Waals surface area contributed by atoms with Gasteiger partial charge in [-0.3, -0.25) is 9.78 Å². The molecule has 4 nitrogen and oxygen atoms in total. The maximum Gasteiger partial charge on any atom is 0.420 e. The third kappa shape index (κ3) is 2.85. The van der Waals surface area contributed by atoms with Crippen LogP contribution in [0.2, 0.25) is 0 Å². The number of alkyl halides is 3. The van der Waals surface area contributed by atoms with Gasteiger partial charge in [0.2, 0.25) is 0 Å². The number of ether oxygens (including phenoxy) is 1. The fourth-order valence-electron chi connectivity index (χ4n) is 1.04. The summed E-state index contributed by atoms with van der Waals surface area (Å²) < 4.78 is 41.3. The highest BCUT2D eigenvalue weighted by Gasteiger charge is 2.34. The van der Waals surface area contributed by atoms with Crippen LogP contribution in [0.1, 0.15) is 11.3 Å². The van der Waals surface area contributed by atoms with Crippen LogP contribution in [0, 0.1) is 0 Å². The maximum absolute atomic E-state index is 12.3. The quantitative estimate of drug-likeness (QED) is 0.789. The topological polar surface area (TPSA) is 59.4 Å². The van der Waals surface area contributed by atoms with Gasteiger partial charge in [-0.1, -0.05) is 0 Å². The highest BCUT2D eigenvalue weighted by molar-refractivity contribution is 5.71. The summed E-state index contributed by atoms with van der Waals surface area (Å²) in [5.41, 5.74) is -1.33. The van der Waals surface area contributed by atoms with Crippen molar-refractivity contribution in [2.75, 3.05) is 7.11 Å². The standard InChI is InChI=1S/C9H8F3NO3/c1-16-8(15)3-5-2-6(9(10,11)12)7(14)4-13-5/h2,4,14H,3H2,1H3. The van der Waals surface area contributed by atoms with Crippen molar-refractivity contribution in [3.8, 4) is 5.75 Å². The second-order valence-electron chi connectivity index (χ2n) is 2.94. The SMILES string of the molecule is COC(=O)Cc1cc(C(F)(F)F)c(O)cn1. The van der Waals surface area contributed by atoms with Crippen LogP contribution in [0.25, 0.3) is 0 Å². The zero-order valence-electron chi connectivity index (χ0n) is 8.21. The lowest BCUT2D eigenvalue weighted by Crippen LogP contribution is -2.10. The summed E-state index contributed by atoms with van der Waals surface area (Å²) >= 11 is 0. The molecular weight excluding hydrogens is 227 g/mol. The van der Waals surface area contributed by atoms with Gasteiger partial charge in [0.25, 0.3) is 0 Å². The number of aromatic hydroxyl groups is 1. The second-order valence-corrected chi connectivity index (χ2v) is 2.94. The predicted octanol–water partition coefficient (Wildman–Crippen LogP) is 1.52. The van der Waals surface area contributed by atoms with Gasteiger partial charge in [0.15, 0.2) is 0 Å². The Balaban J connectivity index is 3.03. The molecule has 1 N–H and O–H groups in total. The smallest absolute Gasteiger partial charge is 0.420 e. The zero-order chi connectivity index (χ0) is 12.3. The molecule has 1 aromatic rings. The number of rotatable bonds is 2. The van der Waals surface area contributed by atoms with Crippen molar-refractivity contribution in [2.24, 2.45) is 0 Å². The molecule has 0 bridgehead atoms. The van der Waals surface area contributed by atoms with Gasteiger partial charge in [-0.15, -0.1) is 0 Å². The first-order valence-electron chi connectivity index (χ1n) is 4.16. The average molecular weight is 235 g/mol. The van der Waals surface area contributed by atoms with Gasteiger partial charge >= 0.3 is 12.1 Å². The van der Waals surface area contributed by atoms with Gasteiger partial charge in [0.1, 0.15) is 11.3 Å². The molecule has 0 aliphatic carbocycles. The number of hydrogen-bond donors (Lipinski definition) is 1. The van der Waals surface area contributed by atoms with Gasteiger partial charge in [-0.05, 0) is 6.07 Å². The fraction of sp³-hybridized carbons (Fsp3) is 0.333. The molecule has 0 aliphatic heterocycles.